The van der Waals surface area contributed by atoms with Crippen LogP contribution >= 0.6 is 0 Å². The van der Waals surface area contributed by atoms with Gasteiger partial charge in [0.1, 0.15) is 18.2 Å². The predicted molar refractivity (Wildman–Crippen MR) is 81.1 cm³/mol. The van der Waals surface area contributed by atoms with E-state index in [1.807, 2.05) is 0 Å². The Hall–Kier alpha value is -3.03. The molecule has 0 spiro atoms. The molecule has 8 heteroatoms. The summed E-state index contributed by atoms with van der Waals surface area (Å²) < 4.78 is 13.9. The molecule has 0 aliphatic carbocycles. The second-order valence-corrected chi connectivity index (χ2v) is 5.44. The van der Waals surface area contributed by atoms with Crippen LogP contribution in [0.1, 0.15) is 28.3 Å². The Morgan fingerprint density at radius 3 is 2.71 bits per heavy atom. The van der Waals surface area contributed by atoms with Gasteiger partial charge < -0.3 is 10.4 Å². The lowest BCUT2D eigenvalue weighted by Crippen LogP contribution is -2.41. The van der Waals surface area contributed by atoms with Crippen molar-refractivity contribution in [1.82, 2.24) is 14.9 Å². The van der Waals surface area contributed by atoms with Crippen LogP contribution < -0.4 is 10.9 Å². The molecule has 0 fully saturated rings. The summed E-state index contributed by atoms with van der Waals surface area (Å²) in [6.07, 6.45) is 0.344. The van der Waals surface area contributed by atoms with E-state index in [9.17, 15) is 23.9 Å². The van der Waals surface area contributed by atoms with E-state index in [4.69, 9.17) is 0 Å². The number of aromatic nitrogens is 2. The fraction of sp³-hybridized carbons (Fsp3) is 0.250. The highest BCUT2D eigenvalue weighted by molar-refractivity contribution is 5.96. The van der Waals surface area contributed by atoms with E-state index < -0.39 is 17.1 Å². The Labute approximate surface area is 135 Å². The third kappa shape index (κ3) is 3.03. The number of aryl methyl sites for hydroxylation is 1. The lowest BCUT2D eigenvalue weighted by atomic mass is 10.1. The normalized spacial score (nSPS) is 13.3. The van der Waals surface area contributed by atoms with Crippen molar-refractivity contribution in [1.29, 1.82) is 0 Å². The molecule has 2 heterocycles. The maximum absolute atomic E-state index is 12.9. The van der Waals surface area contributed by atoms with E-state index in [2.05, 4.69) is 10.3 Å². The summed E-state index contributed by atoms with van der Waals surface area (Å²) in [5, 5.41) is 12.5. The van der Waals surface area contributed by atoms with Crippen LogP contribution in [0.4, 0.5) is 4.39 Å². The van der Waals surface area contributed by atoms with E-state index in [-0.39, 0.29) is 42.8 Å². The van der Waals surface area contributed by atoms with Gasteiger partial charge in [0.05, 0.1) is 6.54 Å². The molecule has 1 aromatic heterocycles. The van der Waals surface area contributed by atoms with Crippen molar-refractivity contribution in [3.8, 4) is 5.75 Å². The first-order chi connectivity index (χ1) is 11.5. The van der Waals surface area contributed by atoms with Crippen LogP contribution in [0.2, 0.25) is 0 Å². The molecule has 0 unspecified atom stereocenters. The Balaban J connectivity index is 1.82. The lowest BCUT2D eigenvalue weighted by molar-refractivity contribution is -0.122. The Kier molecular flexibility index (Phi) is 4.11. The number of nitrogens with zero attached hydrogens (tertiary/aromatic N) is 2. The van der Waals surface area contributed by atoms with Gasteiger partial charge >= 0.3 is 0 Å². The average molecular weight is 331 g/mol. The summed E-state index contributed by atoms with van der Waals surface area (Å²) in [5.41, 5.74) is -0.351. The summed E-state index contributed by atoms with van der Waals surface area (Å²) in [4.78, 5) is 39.7. The first-order valence-corrected chi connectivity index (χ1v) is 7.32. The zero-order valence-electron chi connectivity index (χ0n) is 12.6. The predicted octanol–water partition coefficient (Wildman–Crippen LogP) is 0.533. The van der Waals surface area contributed by atoms with E-state index >= 15 is 0 Å². The van der Waals surface area contributed by atoms with Gasteiger partial charge in [0, 0.05) is 6.42 Å². The number of carbonyl (C=O) groups is 2. The van der Waals surface area contributed by atoms with Crippen molar-refractivity contribution in [2.45, 2.75) is 25.9 Å². The van der Waals surface area contributed by atoms with Crippen molar-refractivity contribution in [3.63, 3.8) is 0 Å². The maximum atomic E-state index is 12.9. The first-order valence-electron chi connectivity index (χ1n) is 7.32. The van der Waals surface area contributed by atoms with Gasteiger partial charge in [-0.05, 0) is 24.1 Å². The minimum Gasteiger partial charge on any atom is -0.501 e. The average Bonchev–Trinajstić information content (AvgIpc) is 2.58. The minimum atomic E-state index is -0.806. The fourth-order valence-electron chi connectivity index (χ4n) is 2.49. The molecule has 2 aromatic rings. The second kappa shape index (κ2) is 6.23. The number of Topliss-reactive ketones (excluding diaryl/α,β-unsaturated/α-hetero) is 1. The molecule has 0 atom stereocenters. The molecule has 0 radical (unpaired) electrons. The van der Waals surface area contributed by atoms with E-state index in [0.29, 0.717) is 6.42 Å². The van der Waals surface area contributed by atoms with Crippen molar-refractivity contribution < 1.29 is 19.1 Å². The van der Waals surface area contributed by atoms with Crippen molar-refractivity contribution in [2.24, 2.45) is 0 Å². The number of benzene rings is 1. The van der Waals surface area contributed by atoms with Crippen molar-refractivity contribution in [2.75, 3.05) is 0 Å². The van der Waals surface area contributed by atoms with Crippen LogP contribution in [0, 0.1) is 5.82 Å². The van der Waals surface area contributed by atoms with Crippen LogP contribution in [0.25, 0.3) is 0 Å². The summed E-state index contributed by atoms with van der Waals surface area (Å²) in [5.74, 6) is -1.75. The number of halogens is 1. The molecule has 2 N–H and O–H groups in total. The highest BCUT2D eigenvalue weighted by Gasteiger charge is 2.24. The molecule has 0 bridgehead atoms. The molecule has 1 amide bonds. The third-order valence-corrected chi connectivity index (χ3v) is 3.79. The zero-order valence-corrected chi connectivity index (χ0v) is 12.6. The largest absolute Gasteiger partial charge is 0.501 e. The standard InChI is InChI=1S/C16H14FN3O4/c17-10-4-1-9(2-5-10)3-6-11(21)14-15(23)16(24)20-8-13(22)18-7-12(20)19-14/h1-2,4-5,23H,3,6-8H2,(H,18,22). The van der Waals surface area contributed by atoms with Gasteiger partial charge in [0.2, 0.25) is 11.7 Å². The van der Waals surface area contributed by atoms with Crippen LogP contribution in [0.5, 0.6) is 5.75 Å². The Bertz CT molecular complexity index is 874. The summed E-state index contributed by atoms with van der Waals surface area (Å²) in [7, 11) is 0. The molecule has 124 valence electrons. The van der Waals surface area contributed by atoms with Crippen LogP contribution in [0.15, 0.2) is 29.1 Å². The molecule has 0 saturated heterocycles. The van der Waals surface area contributed by atoms with E-state index in [1.54, 1.807) is 12.1 Å². The highest BCUT2D eigenvalue weighted by Crippen LogP contribution is 2.15. The smallest absolute Gasteiger partial charge is 0.297 e. The van der Waals surface area contributed by atoms with Crippen LogP contribution in [-0.4, -0.2) is 26.3 Å². The highest BCUT2D eigenvalue weighted by atomic mass is 19.1. The molecule has 24 heavy (non-hydrogen) atoms. The SMILES string of the molecule is O=C1Cn2c(nc(C(=O)CCc3ccc(F)cc3)c(O)c2=O)CN1. The molecule has 1 aliphatic heterocycles. The number of amides is 1. The van der Waals surface area contributed by atoms with Gasteiger partial charge in [-0.15, -0.1) is 0 Å². The molecule has 7 nitrogen and oxygen atoms in total. The fourth-order valence-corrected chi connectivity index (χ4v) is 2.49. The van der Waals surface area contributed by atoms with Gasteiger partial charge in [-0.2, -0.15) is 0 Å². The Morgan fingerprint density at radius 2 is 2.00 bits per heavy atom. The summed E-state index contributed by atoms with van der Waals surface area (Å²) >= 11 is 0. The molecular weight excluding hydrogens is 317 g/mol. The first kappa shape index (κ1) is 15.9. The number of rotatable bonds is 4. The minimum absolute atomic E-state index is 0.0153. The molecule has 1 aliphatic rings. The van der Waals surface area contributed by atoms with E-state index in [0.717, 1.165) is 10.1 Å². The third-order valence-electron chi connectivity index (χ3n) is 3.79. The van der Waals surface area contributed by atoms with Gasteiger partial charge in [-0.25, -0.2) is 9.37 Å². The number of nitrogens with one attached hydrogen (secondary N) is 1. The van der Waals surface area contributed by atoms with Crippen LogP contribution in [-0.2, 0) is 24.3 Å². The van der Waals surface area contributed by atoms with Crippen LogP contribution in [0.3, 0.4) is 0 Å². The number of fused-ring (bicyclic) bond motifs is 1. The van der Waals surface area contributed by atoms with Gasteiger partial charge in [0.15, 0.2) is 11.5 Å². The number of hydrogen-bond donors (Lipinski definition) is 2. The van der Waals surface area contributed by atoms with Crippen molar-refractivity contribution in [3.05, 3.63) is 57.5 Å². The Morgan fingerprint density at radius 1 is 1.29 bits per heavy atom. The molecule has 1 aromatic carbocycles. The summed E-state index contributed by atoms with van der Waals surface area (Å²) in [6.45, 7) is -0.217. The number of ketones is 1. The lowest BCUT2D eigenvalue weighted by Gasteiger charge is -2.18. The number of carbonyl (C=O) groups excluding carboxylic acids is 2. The monoisotopic (exact) mass is 331 g/mol. The van der Waals surface area contributed by atoms with Gasteiger partial charge in [0.25, 0.3) is 5.56 Å². The van der Waals surface area contributed by atoms with Gasteiger partial charge in [-0.3, -0.25) is 19.0 Å². The topological polar surface area (TPSA) is 101 Å². The second-order valence-electron chi connectivity index (χ2n) is 5.44. The number of aromatic hydroxyl groups is 1. The molecular formula is C16H14FN3O4. The van der Waals surface area contributed by atoms with Gasteiger partial charge in [-0.1, -0.05) is 12.1 Å². The molecule has 0 saturated carbocycles. The number of hydrogen-bond acceptors (Lipinski definition) is 5. The maximum Gasteiger partial charge on any atom is 0.297 e. The zero-order chi connectivity index (χ0) is 17.3. The summed E-state index contributed by atoms with van der Waals surface area (Å²) in [6, 6.07) is 5.72. The molecule has 3 rings (SSSR count). The van der Waals surface area contributed by atoms with Crippen molar-refractivity contribution >= 4 is 11.7 Å². The van der Waals surface area contributed by atoms with E-state index in [1.165, 1.54) is 12.1 Å². The quantitative estimate of drug-likeness (QED) is 0.796.